The van der Waals surface area contributed by atoms with E-state index in [0.29, 0.717) is 5.41 Å². The smallest absolute Gasteiger partial charge is 0.0421 e. The molecule has 0 amide bonds. The van der Waals surface area contributed by atoms with Crippen LogP contribution in [0.25, 0.3) is 10.8 Å². The molecule has 1 atom stereocenters. The largest absolute Gasteiger partial charge is 0.321 e. The van der Waals surface area contributed by atoms with E-state index >= 15 is 0 Å². The number of hydrogen-bond acceptors (Lipinski definition) is 2. The van der Waals surface area contributed by atoms with Gasteiger partial charge >= 0.3 is 0 Å². The molecule has 0 radical (unpaired) electrons. The fourth-order valence-electron chi connectivity index (χ4n) is 3.37. The fourth-order valence-corrected chi connectivity index (χ4v) is 3.37. The van der Waals surface area contributed by atoms with Gasteiger partial charge in [-0.25, -0.2) is 0 Å². The molecule has 3 rings (SSSR count). The molecule has 1 saturated carbocycles. The lowest BCUT2D eigenvalue weighted by atomic mass is 9.82. The predicted molar refractivity (Wildman–Crippen MR) is 75.2 cm³/mol. The molecule has 2 aromatic rings. The first-order valence-electron chi connectivity index (χ1n) is 6.62. The van der Waals surface area contributed by atoms with E-state index in [1.807, 2.05) is 12.4 Å². The van der Waals surface area contributed by atoms with Crippen LogP contribution in [0.5, 0.6) is 0 Å². The Labute approximate surface area is 108 Å². The normalized spacial score (nSPS) is 26.6. The van der Waals surface area contributed by atoms with Gasteiger partial charge in [-0.2, -0.15) is 0 Å². The van der Waals surface area contributed by atoms with Crippen LogP contribution in [0.3, 0.4) is 0 Å². The standard InChI is InChI=1S/C16H20N2/c1-15(2)7-8-16(17,11-15)14-5-3-4-12-6-9-18-10-13(12)14/h3-6,9-10H,7-8,11,17H2,1-2H3. The molecule has 0 aliphatic heterocycles. The van der Waals surface area contributed by atoms with E-state index in [1.54, 1.807) is 0 Å². The molecule has 1 aromatic heterocycles. The van der Waals surface area contributed by atoms with Gasteiger partial charge in [0.25, 0.3) is 0 Å². The summed E-state index contributed by atoms with van der Waals surface area (Å²) in [6.07, 6.45) is 7.10. The quantitative estimate of drug-likeness (QED) is 0.827. The molecule has 0 spiro atoms. The van der Waals surface area contributed by atoms with Crippen molar-refractivity contribution in [2.24, 2.45) is 11.1 Å². The summed E-state index contributed by atoms with van der Waals surface area (Å²) in [7, 11) is 0. The zero-order chi connectivity index (χ0) is 12.8. The van der Waals surface area contributed by atoms with Crippen LogP contribution in [0, 0.1) is 5.41 Å². The van der Waals surface area contributed by atoms with Crippen molar-refractivity contribution in [2.75, 3.05) is 0 Å². The molecular weight excluding hydrogens is 220 g/mol. The lowest BCUT2D eigenvalue weighted by Gasteiger charge is -2.28. The van der Waals surface area contributed by atoms with Gasteiger partial charge in [-0.3, -0.25) is 4.98 Å². The molecule has 2 heteroatoms. The Kier molecular flexibility index (Phi) is 2.46. The van der Waals surface area contributed by atoms with Gasteiger partial charge in [-0.1, -0.05) is 32.0 Å². The van der Waals surface area contributed by atoms with E-state index in [2.05, 4.69) is 43.1 Å². The van der Waals surface area contributed by atoms with Gasteiger partial charge in [-0.05, 0) is 41.7 Å². The highest BCUT2D eigenvalue weighted by Gasteiger charge is 2.42. The van der Waals surface area contributed by atoms with Crippen LogP contribution in [0.15, 0.2) is 36.7 Å². The van der Waals surface area contributed by atoms with E-state index < -0.39 is 0 Å². The first-order valence-corrected chi connectivity index (χ1v) is 6.62. The summed E-state index contributed by atoms with van der Waals surface area (Å²) in [5.41, 5.74) is 8.11. The zero-order valence-electron chi connectivity index (χ0n) is 11.1. The summed E-state index contributed by atoms with van der Waals surface area (Å²) in [5.74, 6) is 0. The van der Waals surface area contributed by atoms with E-state index in [-0.39, 0.29) is 5.54 Å². The van der Waals surface area contributed by atoms with E-state index in [9.17, 15) is 0 Å². The minimum absolute atomic E-state index is 0.188. The fraction of sp³-hybridized carbons (Fsp3) is 0.438. The Morgan fingerprint density at radius 2 is 2.00 bits per heavy atom. The number of benzene rings is 1. The van der Waals surface area contributed by atoms with Gasteiger partial charge in [-0.15, -0.1) is 0 Å². The number of nitrogens with zero attached hydrogens (tertiary/aromatic N) is 1. The molecule has 2 N–H and O–H groups in total. The average Bonchev–Trinajstić information content (AvgIpc) is 2.64. The minimum atomic E-state index is -0.188. The summed E-state index contributed by atoms with van der Waals surface area (Å²) in [6, 6.07) is 8.47. The highest BCUT2D eigenvalue weighted by Crippen LogP contribution is 2.48. The van der Waals surface area contributed by atoms with Gasteiger partial charge in [0, 0.05) is 23.3 Å². The van der Waals surface area contributed by atoms with Gasteiger partial charge < -0.3 is 5.73 Å². The Balaban J connectivity index is 2.15. The van der Waals surface area contributed by atoms with Crippen molar-refractivity contribution in [1.82, 2.24) is 4.98 Å². The van der Waals surface area contributed by atoms with Crippen LogP contribution in [-0.2, 0) is 5.54 Å². The highest BCUT2D eigenvalue weighted by molar-refractivity contribution is 5.85. The van der Waals surface area contributed by atoms with Crippen molar-refractivity contribution in [2.45, 2.75) is 38.6 Å². The molecule has 18 heavy (non-hydrogen) atoms. The van der Waals surface area contributed by atoms with Crippen molar-refractivity contribution in [1.29, 1.82) is 0 Å². The Bertz CT molecular complexity index is 583. The van der Waals surface area contributed by atoms with Gasteiger partial charge in [0.1, 0.15) is 0 Å². The Morgan fingerprint density at radius 1 is 1.17 bits per heavy atom. The molecule has 2 nitrogen and oxygen atoms in total. The number of hydrogen-bond donors (Lipinski definition) is 1. The van der Waals surface area contributed by atoms with E-state index in [4.69, 9.17) is 5.73 Å². The van der Waals surface area contributed by atoms with Crippen LogP contribution in [0.2, 0.25) is 0 Å². The Morgan fingerprint density at radius 3 is 2.72 bits per heavy atom. The summed E-state index contributed by atoms with van der Waals surface area (Å²) >= 11 is 0. The maximum absolute atomic E-state index is 6.69. The molecule has 1 aromatic carbocycles. The van der Waals surface area contributed by atoms with Crippen LogP contribution in [-0.4, -0.2) is 4.98 Å². The van der Waals surface area contributed by atoms with Crippen LogP contribution < -0.4 is 5.73 Å². The topological polar surface area (TPSA) is 38.9 Å². The first kappa shape index (κ1) is 11.7. The molecule has 1 fully saturated rings. The predicted octanol–water partition coefficient (Wildman–Crippen LogP) is 3.60. The van der Waals surface area contributed by atoms with Gasteiger partial charge in [0.2, 0.25) is 0 Å². The summed E-state index contributed by atoms with van der Waals surface area (Å²) < 4.78 is 0. The molecule has 1 unspecified atom stereocenters. The molecule has 1 heterocycles. The lowest BCUT2D eigenvalue weighted by Crippen LogP contribution is -2.34. The second-order valence-electron chi connectivity index (χ2n) is 6.40. The van der Waals surface area contributed by atoms with Gasteiger partial charge in [0.15, 0.2) is 0 Å². The number of rotatable bonds is 1. The third-order valence-corrected chi connectivity index (χ3v) is 4.26. The third kappa shape index (κ3) is 1.81. The number of fused-ring (bicyclic) bond motifs is 1. The minimum Gasteiger partial charge on any atom is -0.321 e. The lowest BCUT2D eigenvalue weighted by molar-refractivity contribution is 0.341. The second-order valence-corrected chi connectivity index (χ2v) is 6.40. The number of pyridine rings is 1. The van der Waals surface area contributed by atoms with Crippen LogP contribution in [0.4, 0.5) is 0 Å². The molecule has 94 valence electrons. The molecule has 1 aliphatic rings. The van der Waals surface area contributed by atoms with Crippen LogP contribution in [0.1, 0.15) is 38.7 Å². The number of nitrogens with two attached hydrogens (primary N) is 1. The molecule has 1 aliphatic carbocycles. The average molecular weight is 240 g/mol. The zero-order valence-corrected chi connectivity index (χ0v) is 11.1. The molecule has 0 bridgehead atoms. The van der Waals surface area contributed by atoms with Crippen molar-refractivity contribution >= 4 is 10.8 Å². The van der Waals surface area contributed by atoms with Crippen LogP contribution >= 0.6 is 0 Å². The Hall–Kier alpha value is -1.41. The van der Waals surface area contributed by atoms with Crippen molar-refractivity contribution in [3.05, 3.63) is 42.2 Å². The van der Waals surface area contributed by atoms with E-state index in [0.717, 1.165) is 12.8 Å². The molecule has 0 saturated heterocycles. The molecular formula is C16H20N2. The first-order chi connectivity index (χ1) is 8.50. The maximum Gasteiger partial charge on any atom is 0.0421 e. The van der Waals surface area contributed by atoms with E-state index in [1.165, 1.54) is 22.8 Å². The van der Waals surface area contributed by atoms with Crippen molar-refractivity contribution in [3.63, 3.8) is 0 Å². The maximum atomic E-state index is 6.69. The number of aromatic nitrogens is 1. The highest BCUT2D eigenvalue weighted by atomic mass is 14.8. The van der Waals surface area contributed by atoms with Crippen molar-refractivity contribution < 1.29 is 0 Å². The third-order valence-electron chi connectivity index (χ3n) is 4.26. The van der Waals surface area contributed by atoms with Gasteiger partial charge in [0.05, 0.1) is 0 Å². The monoisotopic (exact) mass is 240 g/mol. The van der Waals surface area contributed by atoms with Crippen molar-refractivity contribution in [3.8, 4) is 0 Å². The summed E-state index contributed by atoms with van der Waals surface area (Å²) in [6.45, 7) is 4.62. The SMILES string of the molecule is CC1(C)CCC(N)(c2cccc3ccncc23)C1. The second kappa shape index (κ2) is 3.79. The summed E-state index contributed by atoms with van der Waals surface area (Å²) in [4.78, 5) is 4.26. The summed E-state index contributed by atoms with van der Waals surface area (Å²) in [5, 5.41) is 2.44.